The van der Waals surface area contributed by atoms with Crippen LogP contribution < -0.4 is 10.1 Å². The molecule has 0 saturated carbocycles. The highest BCUT2D eigenvalue weighted by molar-refractivity contribution is 5.94. The van der Waals surface area contributed by atoms with Crippen LogP contribution in [0.25, 0.3) is 0 Å². The third kappa shape index (κ3) is 3.57. The number of aromatic nitrogens is 1. The lowest BCUT2D eigenvalue weighted by Crippen LogP contribution is -2.32. The maximum Gasteiger partial charge on any atom is 0.266 e. The van der Waals surface area contributed by atoms with E-state index in [1.165, 1.54) is 0 Å². The van der Waals surface area contributed by atoms with E-state index in [1.807, 2.05) is 56.3 Å². The van der Waals surface area contributed by atoms with E-state index in [0.29, 0.717) is 18.0 Å². The molecule has 1 aromatic carbocycles. The number of aryl methyl sites for hydroxylation is 1. The highest BCUT2D eigenvalue weighted by atomic mass is 16.5. The van der Waals surface area contributed by atoms with Crippen LogP contribution in [0, 0.1) is 6.92 Å². The van der Waals surface area contributed by atoms with E-state index in [0.717, 1.165) is 5.56 Å². The summed E-state index contributed by atoms with van der Waals surface area (Å²) in [5, 5.41) is 2.81. The number of rotatable bonds is 5. The Bertz CT molecular complexity index is 570. The molecule has 1 heterocycles. The first kappa shape index (κ1) is 14.1. The molecular formula is C16H18N2O2. The van der Waals surface area contributed by atoms with Gasteiger partial charge in [0.05, 0.1) is 0 Å². The van der Waals surface area contributed by atoms with E-state index in [-0.39, 0.29) is 5.91 Å². The maximum atomic E-state index is 12.2. The van der Waals surface area contributed by atoms with Crippen molar-refractivity contribution in [3.8, 4) is 5.75 Å². The second-order valence-electron chi connectivity index (χ2n) is 4.49. The zero-order valence-corrected chi connectivity index (χ0v) is 11.7. The zero-order valence-electron chi connectivity index (χ0n) is 11.7. The molecule has 1 aromatic heterocycles. The summed E-state index contributed by atoms with van der Waals surface area (Å²) in [6.07, 6.45) is 1.72. The average Bonchev–Trinajstić information content (AvgIpc) is 2.48. The number of carbonyl (C=O) groups is 1. The fourth-order valence-corrected chi connectivity index (χ4v) is 1.80. The monoisotopic (exact) mass is 270 g/mol. The largest absolute Gasteiger partial charge is 0.481 e. The Hall–Kier alpha value is -2.36. The van der Waals surface area contributed by atoms with Crippen molar-refractivity contribution in [2.45, 2.75) is 26.4 Å². The van der Waals surface area contributed by atoms with Crippen LogP contribution in [0.1, 0.15) is 18.9 Å². The molecule has 1 atom stereocenters. The van der Waals surface area contributed by atoms with Gasteiger partial charge in [-0.25, -0.2) is 4.98 Å². The van der Waals surface area contributed by atoms with E-state index < -0.39 is 6.10 Å². The molecule has 2 aromatic rings. The van der Waals surface area contributed by atoms with Gasteiger partial charge in [0.2, 0.25) is 0 Å². The van der Waals surface area contributed by atoms with Crippen molar-refractivity contribution in [1.82, 2.24) is 4.98 Å². The summed E-state index contributed by atoms with van der Waals surface area (Å²) in [7, 11) is 0. The van der Waals surface area contributed by atoms with E-state index >= 15 is 0 Å². The molecule has 0 radical (unpaired) electrons. The Balaban J connectivity index is 2.04. The fraction of sp³-hybridized carbons (Fsp3) is 0.250. The minimum atomic E-state index is -0.529. The molecule has 4 nitrogen and oxygen atoms in total. The molecule has 2 rings (SSSR count). The lowest BCUT2D eigenvalue weighted by Gasteiger charge is -2.17. The number of nitrogens with one attached hydrogen (secondary N) is 1. The Morgan fingerprint density at radius 2 is 2.00 bits per heavy atom. The fourth-order valence-electron chi connectivity index (χ4n) is 1.80. The summed E-state index contributed by atoms with van der Waals surface area (Å²) in [6, 6.07) is 13.1. The highest BCUT2D eigenvalue weighted by Crippen LogP contribution is 2.15. The summed E-state index contributed by atoms with van der Waals surface area (Å²) in [6.45, 7) is 3.82. The van der Waals surface area contributed by atoms with Crippen LogP contribution in [0.2, 0.25) is 0 Å². The average molecular weight is 270 g/mol. The van der Waals surface area contributed by atoms with Gasteiger partial charge < -0.3 is 10.1 Å². The van der Waals surface area contributed by atoms with Crippen LogP contribution in [0.4, 0.5) is 5.82 Å². The molecule has 1 N–H and O–H groups in total. The van der Waals surface area contributed by atoms with Crippen molar-refractivity contribution >= 4 is 11.7 Å². The maximum absolute atomic E-state index is 12.2. The van der Waals surface area contributed by atoms with Gasteiger partial charge in [0.15, 0.2) is 6.10 Å². The third-order valence-electron chi connectivity index (χ3n) is 2.94. The molecular weight excluding hydrogens is 252 g/mol. The van der Waals surface area contributed by atoms with Crippen molar-refractivity contribution in [1.29, 1.82) is 0 Å². The SMILES string of the molecule is CC[C@H](Oc1ccccc1)C(=O)Nc1ncccc1C. The van der Waals surface area contributed by atoms with E-state index in [1.54, 1.807) is 6.20 Å². The second-order valence-corrected chi connectivity index (χ2v) is 4.49. The second kappa shape index (κ2) is 6.70. The van der Waals surface area contributed by atoms with E-state index in [2.05, 4.69) is 10.3 Å². The first-order valence-electron chi connectivity index (χ1n) is 6.65. The van der Waals surface area contributed by atoms with Gasteiger partial charge in [-0.3, -0.25) is 4.79 Å². The lowest BCUT2D eigenvalue weighted by atomic mass is 10.2. The van der Waals surface area contributed by atoms with Gasteiger partial charge in [-0.1, -0.05) is 31.2 Å². The number of amides is 1. The molecule has 20 heavy (non-hydrogen) atoms. The Morgan fingerprint density at radius 3 is 2.65 bits per heavy atom. The predicted octanol–water partition coefficient (Wildman–Crippen LogP) is 3.19. The first-order chi connectivity index (χ1) is 9.70. The van der Waals surface area contributed by atoms with Crippen LogP contribution in [0.15, 0.2) is 48.7 Å². The topological polar surface area (TPSA) is 51.2 Å². The quantitative estimate of drug-likeness (QED) is 0.907. The summed E-state index contributed by atoms with van der Waals surface area (Å²) in [4.78, 5) is 16.4. The zero-order chi connectivity index (χ0) is 14.4. The number of anilines is 1. The smallest absolute Gasteiger partial charge is 0.266 e. The summed E-state index contributed by atoms with van der Waals surface area (Å²) < 4.78 is 5.70. The Morgan fingerprint density at radius 1 is 1.25 bits per heavy atom. The molecule has 0 aliphatic carbocycles. The number of ether oxygens (including phenoxy) is 1. The number of nitrogens with zero attached hydrogens (tertiary/aromatic N) is 1. The van der Waals surface area contributed by atoms with Crippen LogP contribution >= 0.6 is 0 Å². The van der Waals surface area contributed by atoms with Crippen LogP contribution in [-0.4, -0.2) is 17.0 Å². The van der Waals surface area contributed by atoms with Crippen LogP contribution in [0.3, 0.4) is 0 Å². The highest BCUT2D eigenvalue weighted by Gasteiger charge is 2.19. The molecule has 0 saturated heterocycles. The van der Waals surface area contributed by atoms with Crippen molar-refractivity contribution < 1.29 is 9.53 Å². The summed E-state index contributed by atoms with van der Waals surface area (Å²) in [5.74, 6) is 1.08. The minimum Gasteiger partial charge on any atom is -0.481 e. The molecule has 0 aliphatic heterocycles. The van der Waals surface area contributed by atoms with Gasteiger partial charge in [-0.2, -0.15) is 0 Å². The molecule has 0 fully saturated rings. The van der Waals surface area contributed by atoms with Gasteiger partial charge >= 0.3 is 0 Å². The molecule has 0 unspecified atom stereocenters. The van der Waals surface area contributed by atoms with Crippen LogP contribution in [-0.2, 0) is 4.79 Å². The number of para-hydroxylation sites is 1. The standard InChI is InChI=1S/C16H18N2O2/c1-3-14(20-13-9-5-4-6-10-13)16(19)18-15-12(2)8-7-11-17-15/h4-11,14H,3H2,1-2H3,(H,17,18,19)/t14-/m0/s1. The number of hydrogen-bond donors (Lipinski definition) is 1. The molecule has 0 spiro atoms. The molecule has 0 bridgehead atoms. The number of benzene rings is 1. The number of carbonyl (C=O) groups excluding carboxylic acids is 1. The van der Waals surface area contributed by atoms with Crippen molar-refractivity contribution in [2.75, 3.05) is 5.32 Å². The van der Waals surface area contributed by atoms with Gasteiger partial charge in [-0.15, -0.1) is 0 Å². The van der Waals surface area contributed by atoms with Gasteiger partial charge in [0.1, 0.15) is 11.6 Å². The van der Waals surface area contributed by atoms with Gasteiger partial charge in [0.25, 0.3) is 5.91 Å². The minimum absolute atomic E-state index is 0.182. The number of pyridine rings is 1. The van der Waals surface area contributed by atoms with Crippen molar-refractivity contribution in [2.24, 2.45) is 0 Å². The molecule has 1 amide bonds. The van der Waals surface area contributed by atoms with E-state index in [4.69, 9.17) is 4.74 Å². The number of hydrogen-bond acceptors (Lipinski definition) is 3. The Labute approximate surface area is 118 Å². The normalized spacial score (nSPS) is 11.7. The van der Waals surface area contributed by atoms with Crippen molar-refractivity contribution in [3.63, 3.8) is 0 Å². The van der Waals surface area contributed by atoms with Gasteiger partial charge in [0, 0.05) is 6.20 Å². The predicted molar refractivity (Wildman–Crippen MR) is 78.8 cm³/mol. The molecule has 104 valence electrons. The first-order valence-corrected chi connectivity index (χ1v) is 6.65. The van der Waals surface area contributed by atoms with Crippen molar-refractivity contribution in [3.05, 3.63) is 54.2 Å². The van der Waals surface area contributed by atoms with E-state index in [9.17, 15) is 4.79 Å². The molecule has 4 heteroatoms. The lowest BCUT2D eigenvalue weighted by molar-refractivity contribution is -0.122. The third-order valence-corrected chi connectivity index (χ3v) is 2.94. The summed E-state index contributed by atoms with van der Waals surface area (Å²) >= 11 is 0. The summed E-state index contributed by atoms with van der Waals surface area (Å²) in [5.41, 5.74) is 0.926. The Kier molecular flexibility index (Phi) is 4.71. The molecule has 0 aliphatic rings. The van der Waals surface area contributed by atoms with Crippen LogP contribution in [0.5, 0.6) is 5.75 Å². The van der Waals surface area contributed by atoms with Gasteiger partial charge in [-0.05, 0) is 37.1 Å².